The van der Waals surface area contributed by atoms with Crippen molar-refractivity contribution in [3.63, 3.8) is 0 Å². The molecule has 0 aliphatic rings. The lowest BCUT2D eigenvalue weighted by Gasteiger charge is -2.02. The predicted molar refractivity (Wildman–Crippen MR) is 71.0 cm³/mol. The first kappa shape index (κ1) is 12.2. The number of nitrogens with zero attached hydrogens (tertiary/aromatic N) is 3. The fourth-order valence-corrected chi connectivity index (χ4v) is 1.85. The SMILES string of the molecule is CC(C)c1nn(Cc2ccc(C#N)cc2)cc1N. The van der Waals surface area contributed by atoms with Crippen molar-refractivity contribution in [1.82, 2.24) is 9.78 Å². The molecular weight excluding hydrogens is 224 g/mol. The van der Waals surface area contributed by atoms with E-state index < -0.39 is 0 Å². The Bertz CT molecular complexity index is 573. The summed E-state index contributed by atoms with van der Waals surface area (Å²) >= 11 is 0. The molecule has 92 valence electrons. The second-order valence-electron chi connectivity index (χ2n) is 4.63. The first-order chi connectivity index (χ1) is 8.60. The van der Waals surface area contributed by atoms with Gasteiger partial charge in [0.1, 0.15) is 0 Å². The summed E-state index contributed by atoms with van der Waals surface area (Å²) < 4.78 is 1.84. The van der Waals surface area contributed by atoms with E-state index in [4.69, 9.17) is 11.0 Å². The van der Waals surface area contributed by atoms with Crippen LogP contribution in [0.1, 0.15) is 36.6 Å². The smallest absolute Gasteiger partial charge is 0.0991 e. The van der Waals surface area contributed by atoms with Crippen LogP contribution in [0.4, 0.5) is 5.69 Å². The van der Waals surface area contributed by atoms with E-state index in [2.05, 4.69) is 25.0 Å². The van der Waals surface area contributed by atoms with Gasteiger partial charge in [0, 0.05) is 6.20 Å². The summed E-state index contributed by atoms with van der Waals surface area (Å²) in [5.41, 5.74) is 9.36. The van der Waals surface area contributed by atoms with Gasteiger partial charge < -0.3 is 5.73 Å². The fourth-order valence-electron chi connectivity index (χ4n) is 1.85. The maximum absolute atomic E-state index is 8.73. The number of hydrogen-bond acceptors (Lipinski definition) is 3. The Kier molecular flexibility index (Phi) is 3.33. The minimum absolute atomic E-state index is 0.326. The van der Waals surface area contributed by atoms with Gasteiger partial charge in [-0.25, -0.2) is 0 Å². The Morgan fingerprint density at radius 3 is 2.50 bits per heavy atom. The Hall–Kier alpha value is -2.28. The third-order valence-corrected chi connectivity index (χ3v) is 2.79. The monoisotopic (exact) mass is 240 g/mol. The standard InChI is InChI=1S/C14H16N4/c1-10(2)14-13(16)9-18(17-14)8-12-5-3-11(7-15)4-6-12/h3-6,9-10H,8,16H2,1-2H3. The van der Waals surface area contributed by atoms with Crippen molar-refractivity contribution >= 4 is 5.69 Å². The lowest BCUT2D eigenvalue weighted by molar-refractivity contribution is 0.657. The van der Waals surface area contributed by atoms with Crippen molar-refractivity contribution < 1.29 is 0 Å². The quantitative estimate of drug-likeness (QED) is 0.896. The van der Waals surface area contributed by atoms with E-state index in [1.807, 2.05) is 35.1 Å². The highest BCUT2D eigenvalue weighted by Crippen LogP contribution is 2.19. The van der Waals surface area contributed by atoms with Gasteiger partial charge in [-0.3, -0.25) is 4.68 Å². The van der Waals surface area contributed by atoms with Gasteiger partial charge in [0.2, 0.25) is 0 Å². The highest BCUT2D eigenvalue weighted by molar-refractivity contribution is 5.42. The molecule has 1 heterocycles. The van der Waals surface area contributed by atoms with Crippen molar-refractivity contribution in [3.8, 4) is 6.07 Å². The molecule has 2 aromatic rings. The number of rotatable bonds is 3. The summed E-state index contributed by atoms with van der Waals surface area (Å²) in [6.07, 6.45) is 1.85. The van der Waals surface area contributed by atoms with Crippen LogP contribution in [0.5, 0.6) is 0 Å². The molecule has 0 spiro atoms. The van der Waals surface area contributed by atoms with E-state index >= 15 is 0 Å². The molecule has 0 saturated carbocycles. The highest BCUT2D eigenvalue weighted by atomic mass is 15.3. The molecule has 0 radical (unpaired) electrons. The summed E-state index contributed by atoms with van der Waals surface area (Å²) in [6, 6.07) is 9.60. The second kappa shape index (κ2) is 4.92. The molecule has 0 aliphatic heterocycles. The molecule has 0 unspecified atom stereocenters. The average Bonchev–Trinajstić information content (AvgIpc) is 2.71. The third-order valence-electron chi connectivity index (χ3n) is 2.79. The van der Waals surface area contributed by atoms with Gasteiger partial charge in [0.25, 0.3) is 0 Å². The van der Waals surface area contributed by atoms with Crippen LogP contribution < -0.4 is 5.73 Å². The van der Waals surface area contributed by atoms with Gasteiger partial charge in [-0.1, -0.05) is 26.0 Å². The summed E-state index contributed by atoms with van der Waals surface area (Å²) in [6.45, 7) is 4.82. The molecule has 0 atom stereocenters. The van der Waals surface area contributed by atoms with Crippen molar-refractivity contribution in [3.05, 3.63) is 47.3 Å². The molecule has 0 saturated heterocycles. The molecular formula is C14H16N4. The van der Waals surface area contributed by atoms with E-state index in [-0.39, 0.29) is 0 Å². The van der Waals surface area contributed by atoms with Crippen LogP contribution in [-0.2, 0) is 6.54 Å². The largest absolute Gasteiger partial charge is 0.396 e. The molecule has 2 rings (SSSR count). The van der Waals surface area contributed by atoms with Crippen molar-refractivity contribution in [2.45, 2.75) is 26.3 Å². The third kappa shape index (κ3) is 2.51. The molecule has 1 aromatic carbocycles. The van der Waals surface area contributed by atoms with Crippen LogP contribution in [-0.4, -0.2) is 9.78 Å². The lowest BCUT2D eigenvalue weighted by Crippen LogP contribution is -2.01. The minimum atomic E-state index is 0.326. The van der Waals surface area contributed by atoms with E-state index in [9.17, 15) is 0 Å². The first-order valence-electron chi connectivity index (χ1n) is 5.92. The Morgan fingerprint density at radius 2 is 2.00 bits per heavy atom. The first-order valence-corrected chi connectivity index (χ1v) is 5.92. The Labute approximate surface area is 107 Å². The molecule has 0 bridgehead atoms. The van der Waals surface area contributed by atoms with Crippen molar-refractivity contribution in [1.29, 1.82) is 5.26 Å². The van der Waals surface area contributed by atoms with Gasteiger partial charge in [-0.2, -0.15) is 10.4 Å². The Balaban J connectivity index is 2.18. The summed E-state index contributed by atoms with van der Waals surface area (Å²) in [5, 5.41) is 13.2. The summed E-state index contributed by atoms with van der Waals surface area (Å²) in [4.78, 5) is 0. The topological polar surface area (TPSA) is 67.6 Å². The van der Waals surface area contributed by atoms with Crippen molar-refractivity contribution in [2.75, 3.05) is 5.73 Å². The molecule has 4 heteroatoms. The highest BCUT2D eigenvalue weighted by Gasteiger charge is 2.09. The van der Waals surface area contributed by atoms with Gasteiger partial charge in [-0.15, -0.1) is 0 Å². The van der Waals surface area contributed by atoms with E-state index in [1.54, 1.807) is 0 Å². The minimum Gasteiger partial charge on any atom is -0.396 e. The molecule has 4 nitrogen and oxygen atoms in total. The van der Waals surface area contributed by atoms with Gasteiger partial charge in [-0.05, 0) is 23.6 Å². The van der Waals surface area contributed by atoms with Crippen molar-refractivity contribution in [2.24, 2.45) is 0 Å². The molecule has 0 fully saturated rings. The molecule has 0 amide bonds. The summed E-state index contributed by atoms with van der Waals surface area (Å²) in [5.74, 6) is 0.326. The zero-order valence-corrected chi connectivity index (χ0v) is 10.6. The van der Waals surface area contributed by atoms with E-state index in [0.717, 1.165) is 16.9 Å². The number of aromatic nitrogens is 2. The number of nitrogens with two attached hydrogens (primary N) is 1. The zero-order valence-electron chi connectivity index (χ0n) is 10.6. The van der Waals surface area contributed by atoms with Crippen LogP contribution in [0, 0.1) is 11.3 Å². The van der Waals surface area contributed by atoms with E-state index in [0.29, 0.717) is 18.0 Å². The van der Waals surface area contributed by atoms with Crippen LogP contribution in [0.3, 0.4) is 0 Å². The van der Waals surface area contributed by atoms with Gasteiger partial charge in [0.15, 0.2) is 0 Å². The maximum Gasteiger partial charge on any atom is 0.0991 e. The van der Waals surface area contributed by atoms with E-state index in [1.165, 1.54) is 0 Å². The van der Waals surface area contributed by atoms with Crippen LogP contribution >= 0.6 is 0 Å². The van der Waals surface area contributed by atoms with Gasteiger partial charge >= 0.3 is 0 Å². The number of benzene rings is 1. The molecule has 0 aliphatic carbocycles. The molecule has 18 heavy (non-hydrogen) atoms. The number of anilines is 1. The normalized spacial score (nSPS) is 10.6. The van der Waals surface area contributed by atoms with Crippen LogP contribution in [0.15, 0.2) is 30.5 Å². The number of hydrogen-bond donors (Lipinski definition) is 1. The second-order valence-corrected chi connectivity index (χ2v) is 4.63. The lowest BCUT2D eigenvalue weighted by atomic mass is 10.1. The van der Waals surface area contributed by atoms with Crippen LogP contribution in [0.2, 0.25) is 0 Å². The number of nitrogen functional groups attached to an aromatic ring is 1. The summed E-state index contributed by atoms with van der Waals surface area (Å²) in [7, 11) is 0. The molecule has 1 aromatic heterocycles. The Morgan fingerprint density at radius 1 is 1.33 bits per heavy atom. The predicted octanol–water partition coefficient (Wildman–Crippen LogP) is 2.51. The van der Waals surface area contributed by atoms with Gasteiger partial charge in [0.05, 0.1) is 29.6 Å². The maximum atomic E-state index is 8.73. The fraction of sp³-hybridized carbons (Fsp3) is 0.286. The number of nitriles is 1. The zero-order chi connectivity index (χ0) is 13.1. The molecule has 2 N–H and O–H groups in total. The average molecular weight is 240 g/mol. The van der Waals surface area contributed by atoms with Crippen LogP contribution in [0.25, 0.3) is 0 Å².